The van der Waals surface area contributed by atoms with E-state index in [2.05, 4.69) is 165 Å². The highest BCUT2D eigenvalue weighted by Gasteiger charge is 2.25. The molecule has 0 heteroatoms. The van der Waals surface area contributed by atoms with Crippen LogP contribution in [0.25, 0.3) is 61.0 Å². The van der Waals surface area contributed by atoms with Crippen LogP contribution in [0.1, 0.15) is 29.5 Å². The number of allylic oxidation sites excluding steroid dienone is 1. The van der Waals surface area contributed by atoms with Gasteiger partial charge in [-0.2, -0.15) is 0 Å². The predicted molar refractivity (Wildman–Crippen MR) is 180 cm³/mol. The molecule has 7 aromatic rings. The highest BCUT2D eigenvalue weighted by Crippen LogP contribution is 2.47. The Morgan fingerprint density at radius 2 is 0.905 bits per heavy atom. The molecule has 1 aliphatic carbocycles. The van der Waals surface area contributed by atoms with E-state index in [1.165, 1.54) is 77.2 Å². The third-order valence-corrected chi connectivity index (χ3v) is 8.85. The molecule has 198 valence electrons. The molecule has 0 amide bonds. The molecule has 0 saturated heterocycles. The minimum absolute atomic E-state index is 0.322. The van der Waals surface area contributed by atoms with Crippen molar-refractivity contribution in [2.45, 2.75) is 12.8 Å². The van der Waals surface area contributed by atoms with E-state index in [1.54, 1.807) is 0 Å². The Morgan fingerprint density at radius 1 is 0.405 bits per heavy atom. The van der Waals surface area contributed by atoms with Crippen molar-refractivity contribution in [2.75, 3.05) is 0 Å². The van der Waals surface area contributed by atoms with Crippen LogP contribution in [0.15, 0.2) is 157 Å². The summed E-state index contributed by atoms with van der Waals surface area (Å²) in [6.45, 7) is 2.26. The fraction of sp³-hybridized carbons (Fsp3) is 0.0476. The van der Waals surface area contributed by atoms with Gasteiger partial charge in [0.1, 0.15) is 0 Å². The largest absolute Gasteiger partial charge is 0.0622 e. The van der Waals surface area contributed by atoms with Crippen molar-refractivity contribution in [1.82, 2.24) is 0 Å². The fourth-order valence-electron chi connectivity index (χ4n) is 7.02. The molecule has 0 aliphatic heterocycles. The quantitative estimate of drug-likeness (QED) is 0.197. The average Bonchev–Trinajstić information content (AvgIpc) is 3.39. The summed E-state index contributed by atoms with van der Waals surface area (Å²) in [5, 5.41) is 5.14. The maximum absolute atomic E-state index is 2.41. The van der Waals surface area contributed by atoms with Gasteiger partial charge in [-0.25, -0.2) is 0 Å². The lowest BCUT2D eigenvalue weighted by atomic mass is 9.84. The summed E-state index contributed by atoms with van der Waals surface area (Å²) in [4.78, 5) is 0. The lowest BCUT2D eigenvalue weighted by molar-refractivity contribution is 0.977. The second-order valence-corrected chi connectivity index (χ2v) is 11.4. The molecule has 0 N–H and O–H groups in total. The van der Waals surface area contributed by atoms with Gasteiger partial charge in [0, 0.05) is 5.92 Å². The van der Waals surface area contributed by atoms with Gasteiger partial charge >= 0.3 is 0 Å². The average molecular weight is 535 g/mol. The first-order valence-electron chi connectivity index (χ1n) is 14.7. The van der Waals surface area contributed by atoms with Gasteiger partial charge in [0.2, 0.25) is 0 Å². The molecule has 0 spiro atoms. The minimum Gasteiger partial charge on any atom is -0.0622 e. The zero-order valence-corrected chi connectivity index (χ0v) is 23.6. The van der Waals surface area contributed by atoms with Crippen molar-refractivity contribution in [2.24, 2.45) is 0 Å². The fourth-order valence-corrected chi connectivity index (χ4v) is 7.02. The van der Waals surface area contributed by atoms with E-state index in [9.17, 15) is 0 Å². The summed E-state index contributed by atoms with van der Waals surface area (Å²) in [7, 11) is 0. The predicted octanol–water partition coefficient (Wildman–Crippen LogP) is 11.5. The Balaban J connectivity index is 1.35. The highest BCUT2D eigenvalue weighted by molar-refractivity contribution is 6.21. The number of fused-ring (bicyclic) bond motifs is 3. The third-order valence-electron chi connectivity index (χ3n) is 8.85. The molecule has 0 radical (unpaired) electrons. The smallest absolute Gasteiger partial charge is 0.0305 e. The lowest BCUT2D eigenvalue weighted by Gasteiger charge is -2.19. The molecule has 0 nitrogen and oxygen atoms in total. The SMILES string of the molecule is CC1=Cc2cc(-c3c4ccccc4c(-c4cccc(-c5ccccc5)c4)c4ccccc34)ccc2C1c1ccccc1. The van der Waals surface area contributed by atoms with E-state index < -0.39 is 0 Å². The molecular weight excluding hydrogens is 504 g/mol. The van der Waals surface area contributed by atoms with Crippen LogP contribution in [0, 0.1) is 0 Å². The Bertz CT molecular complexity index is 2070. The monoisotopic (exact) mass is 534 g/mol. The Hall–Kier alpha value is -5.20. The Labute approximate surface area is 247 Å². The number of hydrogen-bond acceptors (Lipinski definition) is 0. The van der Waals surface area contributed by atoms with Gasteiger partial charge in [-0.3, -0.25) is 0 Å². The van der Waals surface area contributed by atoms with Crippen molar-refractivity contribution in [3.63, 3.8) is 0 Å². The molecule has 0 heterocycles. The van der Waals surface area contributed by atoms with E-state index in [0.717, 1.165) is 0 Å². The Morgan fingerprint density at radius 3 is 1.52 bits per heavy atom. The van der Waals surface area contributed by atoms with Crippen LogP contribution < -0.4 is 0 Å². The van der Waals surface area contributed by atoms with Crippen molar-refractivity contribution < 1.29 is 0 Å². The summed E-state index contributed by atoms with van der Waals surface area (Å²) in [5.74, 6) is 0.322. The van der Waals surface area contributed by atoms with Crippen molar-refractivity contribution in [3.8, 4) is 33.4 Å². The van der Waals surface area contributed by atoms with Crippen LogP contribution in [0.3, 0.4) is 0 Å². The van der Waals surface area contributed by atoms with Gasteiger partial charge in [0.15, 0.2) is 0 Å². The van der Waals surface area contributed by atoms with Gasteiger partial charge in [-0.15, -0.1) is 0 Å². The van der Waals surface area contributed by atoms with Crippen LogP contribution in [0.2, 0.25) is 0 Å². The topological polar surface area (TPSA) is 0 Å². The first kappa shape index (κ1) is 24.6. The maximum atomic E-state index is 2.41. The first-order chi connectivity index (χ1) is 20.8. The number of benzene rings is 7. The summed E-state index contributed by atoms with van der Waals surface area (Å²) < 4.78 is 0. The summed E-state index contributed by atoms with van der Waals surface area (Å²) in [6, 6.07) is 55.5. The molecule has 8 rings (SSSR count). The van der Waals surface area contributed by atoms with Crippen molar-refractivity contribution >= 4 is 27.6 Å². The molecule has 42 heavy (non-hydrogen) atoms. The zero-order chi connectivity index (χ0) is 28.0. The second-order valence-electron chi connectivity index (χ2n) is 11.4. The molecule has 0 bridgehead atoms. The van der Waals surface area contributed by atoms with Crippen molar-refractivity contribution in [3.05, 3.63) is 174 Å². The lowest BCUT2D eigenvalue weighted by Crippen LogP contribution is -1.99. The number of hydrogen-bond donors (Lipinski definition) is 0. The van der Waals surface area contributed by atoms with E-state index in [1.807, 2.05) is 0 Å². The van der Waals surface area contributed by atoms with Crippen LogP contribution in [-0.2, 0) is 0 Å². The Kier molecular flexibility index (Phi) is 5.86. The van der Waals surface area contributed by atoms with Gasteiger partial charge in [0.05, 0.1) is 0 Å². The van der Waals surface area contributed by atoms with Crippen LogP contribution >= 0.6 is 0 Å². The van der Waals surface area contributed by atoms with Crippen molar-refractivity contribution in [1.29, 1.82) is 0 Å². The van der Waals surface area contributed by atoms with E-state index in [-0.39, 0.29) is 0 Å². The summed E-state index contributed by atoms with van der Waals surface area (Å²) >= 11 is 0. The van der Waals surface area contributed by atoms with Gasteiger partial charge in [0.25, 0.3) is 0 Å². The highest BCUT2D eigenvalue weighted by atomic mass is 14.3. The van der Waals surface area contributed by atoms with Gasteiger partial charge in [-0.05, 0) is 90.7 Å². The first-order valence-corrected chi connectivity index (χ1v) is 14.7. The molecule has 0 aromatic heterocycles. The zero-order valence-electron chi connectivity index (χ0n) is 23.6. The molecule has 1 unspecified atom stereocenters. The van der Waals surface area contributed by atoms with Crippen LogP contribution in [-0.4, -0.2) is 0 Å². The summed E-state index contributed by atoms with van der Waals surface area (Å²) in [6.07, 6.45) is 2.38. The number of rotatable bonds is 4. The van der Waals surface area contributed by atoms with E-state index >= 15 is 0 Å². The van der Waals surface area contributed by atoms with Gasteiger partial charge < -0.3 is 0 Å². The van der Waals surface area contributed by atoms with Gasteiger partial charge in [-0.1, -0.05) is 151 Å². The second kappa shape index (κ2) is 10.0. The molecule has 1 atom stereocenters. The molecule has 0 fully saturated rings. The van der Waals surface area contributed by atoms with E-state index in [0.29, 0.717) is 5.92 Å². The third kappa shape index (κ3) is 3.99. The molecular formula is C42H30. The maximum Gasteiger partial charge on any atom is 0.0305 e. The standard InChI is InChI=1S/C42H30/c1-28-25-34-27-33(23-24-35(34)40(28)30-15-6-3-7-16-30)42-38-21-10-8-19-36(38)41(37-20-9-11-22-39(37)42)32-18-12-17-31(26-32)29-13-4-2-5-14-29/h2-27,40H,1H3. The summed E-state index contributed by atoms with van der Waals surface area (Å²) in [5.41, 5.74) is 13.1. The normalized spacial score (nSPS) is 14.2. The van der Waals surface area contributed by atoms with E-state index in [4.69, 9.17) is 0 Å². The molecule has 7 aromatic carbocycles. The molecule has 0 saturated carbocycles. The minimum atomic E-state index is 0.322. The van der Waals surface area contributed by atoms with Crippen LogP contribution in [0.5, 0.6) is 0 Å². The molecule has 1 aliphatic rings. The van der Waals surface area contributed by atoms with Crippen LogP contribution in [0.4, 0.5) is 0 Å².